The molecule has 0 aliphatic heterocycles. The van der Waals surface area contributed by atoms with Crippen LogP contribution in [0, 0.1) is 0 Å². The van der Waals surface area contributed by atoms with Crippen molar-refractivity contribution in [2.24, 2.45) is 0 Å². The Bertz CT molecular complexity index is 327. The smallest absolute Gasteiger partial charge is 0.265 e. The normalized spacial score (nSPS) is 10.3. The van der Waals surface area contributed by atoms with Gasteiger partial charge < -0.3 is 10.0 Å². The molecular weight excluding hydrogens is 278 g/mol. The van der Waals surface area contributed by atoms with E-state index in [0.29, 0.717) is 19.5 Å². The predicted molar refractivity (Wildman–Crippen MR) is 65.3 cm³/mol. The second-order valence-electron chi connectivity index (χ2n) is 3.06. The fourth-order valence-electron chi connectivity index (χ4n) is 1.25. The monoisotopic (exact) mass is 291 g/mol. The van der Waals surface area contributed by atoms with Gasteiger partial charge in [0, 0.05) is 24.2 Å². The molecule has 1 aromatic rings. The third kappa shape index (κ3) is 3.29. The number of nitrogens with zero attached hydrogens (tertiary/aromatic N) is 1. The number of aliphatic hydroxyl groups is 1. The Morgan fingerprint density at radius 2 is 2.40 bits per heavy atom. The van der Waals surface area contributed by atoms with Crippen LogP contribution in [0.4, 0.5) is 0 Å². The highest BCUT2D eigenvalue weighted by atomic mass is 79.9. The van der Waals surface area contributed by atoms with Crippen LogP contribution in [0.3, 0.4) is 0 Å². The Morgan fingerprint density at radius 1 is 1.67 bits per heavy atom. The molecule has 0 atom stereocenters. The molecule has 0 aromatic carbocycles. The summed E-state index contributed by atoms with van der Waals surface area (Å²) in [5, 5.41) is 10.6. The number of amides is 1. The second-order valence-corrected chi connectivity index (χ2v) is 4.83. The minimum Gasteiger partial charge on any atom is -0.396 e. The maximum Gasteiger partial charge on any atom is 0.265 e. The first kappa shape index (κ1) is 12.7. The van der Waals surface area contributed by atoms with Crippen molar-refractivity contribution in [1.29, 1.82) is 0 Å². The number of aliphatic hydroxyl groups excluding tert-OH is 1. The highest BCUT2D eigenvalue weighted by Crippen LogP contribution is 2.24. The zero-order chi connectivity index (χ0) is 11.3. The SMILES string of the molecule is CCN(CCCO)C(=O)c1sccc1Br. The van der Waals surface area contributed by atoms with Crippen molar-refractivity contribution in [2.45, 2.75) is 13.3 Å². The average molecular weight is 292 g/mol. The molecule has 0 aliphatic carbocycles. The van der Waals surface area contributed by atoms with E-state index in [9.17, 15) is 4.79 Å². The highest BCUT2D eigenvalue weighted by molar-refractivity contribution is 9.10. The molecule has 1 heterocycles. The van der Waals surface area contributed by atoms with Gasteiger partial charge in [0.05, 0.1) is 0 Å². The summed E-state index contributed by atoms with van der Waals surface area (Å²) in [4.78, 5) is 14.5. The fraction of sp³-hybridized carbons (Fsp3) is 0.500. The average Bonchev–Trinajstić information content (AvgIpc) is 2.65. The molecule has 0 radical (unpaired) electrons. The summed E-state index contributed by atoms with van der Waals surface area (Å²) in [7, 11) is 0. The van der Waals surface area contributed by atoms with Crippen LogP contribution in [0.15, 0.2) is 15.9 Å². The molecule has 0 bridgehead atoms. The molecule has 84 valence electrons. The molecule has 1 amide bonds. The number of rotatable bonds is 5. The van der Waals surface area contributed by atoms with E-state index in [1.54, 1.807) is 4.90 Å². The van der Waals surface area contributed by atoms with Gasteiger partial charge in [-0.05, 0) is 40.7 Å². The van der Waals surface area contributed by atoms with Crippen molar-refractivity contribution >= 4 is 33.2 Å². The third-order valence-corrected chi connectivity index (χ3v) is 3.89. The van der Waals surface area contributed by atoms with Gasteiger partial charge in [0.2, 0.25) is 0 Å². The number of carbonyl (C=O) groups excluding carboxylic acids is 1. The zero-order valence-electron chi connectivity index (χ0n) is 8.57. The maximum absolute atomic E-state index is 12.0. The molecule has 0 saturated heterocycles. The molecule has 0 unspecified atom stereocenters. The lowest BCUT2D eigenvalue weighted by Crippen LogP contribution is -2.31. The summed E-state index contributed by atoms with van der Waals surface area (Å²) in [6.45, 7) is 3.34. The van der Waals surface area contributed by atoms with E-state index < -0.39 is 0 Å². The maximum atomic E-state index is 12.0. The van der Waals surface area contributed by atoms with Crippen molar-refractivity contribution in [3.05, 3.63) is 20.8 Å². The molecule has 0 fully saturated rings. The molecule has 15 heavy (non-hydrogen) atoms. The number of hydrogen-bond donors (Lipinski definition) is 1. The van der Waals surface area contributed by atoms with Crippen molar-refractivity contribution in [3.8, 4) is 0 Å². The van der Waals surface area contributed by atoms with Gasteiger partial charge in [-0.25, -0.2) is 0 Å². The largest absolute Gasteiger partial charge is 0.396 e. The Kier molecular flexibility index (Phi) is 5.28. The van der Waals surface area contributed by atoms with E-state index in [-0.39, 0.29) is 12.5 Å². The Morgan fingerprint density at radius 3 is 2.87 bits per heavy atom. The third-order valence-electron chi connectivity index (χ3n) is 2.07. The van der Waals surface area contributed by atoms with E-state index in [1.165, 1.54) is 11.3 Å². The van der Waals surface area contributed by atoms with Crippen LogP contribution in [0.1, 0.15) is 23.0 Å². The Labute approximate surface area is 102 Å². The number of hydrogen-bond acceptors (Lipinski definition) is 3. The van der Waals surface area contributed by atoms with Gasteiger partial charge in [0.25, 0.3) is 5.91 Å². The summed E-state index contributed by atoms with van der Waals surface area (Å²) < 4.78 is 0.847. The topological polar surface area (TPSA) is 40.5 Å². The minimum atomic E-state index is 0.0350. The number of halogens is 1. The molecule has 0 saturated carbocycles. The van der Waals surface area contributed by atoms with Gasteiger partial charge in [-0.3, -0.25) is 4.79 Å². The first-order valence-electron chi connectivity index (χ1n) is 4.83. The first-order chi connectivity index (χ1) is 7.20. The molecule has 1 N–H and O–H groups in total. The van der Waals surface area contributed by atoms with E-state index >= 15 is 0 Å². The van der Waals surface area contributed by atoms with Gasteiger partial charge in [-0.15, -0.1) is 11.3 Å². The lowest BCUT2D eigenvalue weighted by atomic mass is 10.3. The Balaban J connectivity index is 2.69. The summed E-state index contributed by atoms with van der Waals surface area (Å²) in [6.07, 6.45) is 0.628. The predicted octanol–water partition coefficient (Wildman–Crippen LogP) is 2.36. The minimum absolute atomic E-state index is 0.0350. The van der Waals surface area contributed by atoms with Crippen molar-refractivity contribution in [2.75, 3.05) is 19.7 Å². The lowest BCUT2D eigenvalue weighted by Gasteiger charge is -2.19. The second kappa shape index (κ2) is 6.25. The van der Waals surface area contributed by atoms with Crippen molar-refractivity contribution in [3.63, 3.8) is 0 Å². The Hall–Kier alpha value is -0.390. The standard InChI is InChI=1S/C10H14BrNO2S/c1-2-12(5-3-6-13)10(14)9-8(11)4-7-15-9/h4,7,13H,2-3,5-6H2,1H3. The van der Waals surface area contributed by atoms with Crippen LogP contribution < -0.4 is 0 Å². The van der Waals surface area contributed by atoms with Crippen LogP contribution in [-0.2, 0) is 0 Å². The molecule has 5 heteroatoms. The summed E-state index contributed by atoms with van der Waals surface area (Å²) in [5.41, 5.74) is 0. The van der Waals surface area contributed by atoms with Crippen LogP contribution in [0.2, 0.25) is 0 Å². The quantitative estimate of drug-likeness (QED) is 0.905. The van der Waals surface area contributed by atoms with E-state index in [2.05, 4.69) is 15.9 Å². The van der Waals surface area contributed by atoms with Gasteiger partial charge in [-0.1, -0.05) is 0 Å². The first-order valence-corrected chi connectivity index (χ1v) is 6.51. The van der Waals surface area contributed by atoms with Gasteiger partial charge in [0.15, 0.2) is 0 Å². The van der Waals surface area contributed by atoms with Crippen molar-refractivity contribution in [1.82, 2.24) is 4.90 Å². The van der Waals surface area contributed by atoms with Gasteiger partial charge in [0.1, 0.15) is 4.88 Å². The lowest BCUT2D eigenvalue weighted by molar-refractivity contribution is 0.0758. The summed E-state index contributed by atoms with van der Waals surface area (Å²) >= 11 is 4.78. The highest BCUT2D eigenvalue weighted by Gasteiger charge is 2.17. The fourth-order valence-corrected chi connectivity index (χ4v) is 2.76. The van der Waals surface area contributed by atoms with Crippen LogP contribution in [-0.4, -0.2) is 35.6 Å². The summed E-state index contributed by atoms with van der Waals surface area (Å²) in [5.74, 6) is 0.0350. The van der Waals surface area contributed by atoms with E-state index in [4.69, 9.17) is 5.11 Å². The number of thiophene rings is 1. The van der Waals surface area contributed by atoms with E-state index in [1.807, 2.05) is 18.4 Å². The molecule has 1 aromatic heterocycles. The molecular formula is C10H14BrNO2S. The molecule has 3 nitrogen and oxygen atoms in total. The van der Waals surface area contributed by atoms with E-state index in [0.717, 1.165) is 9.35 Å². The van der Waals surface area contributed by atoms with Gasteiger partial charge >= 0.3 is 0 Å². The molecule has 0 spiro atoms. The summed E-state index contributed by atoms with van der Waals surface area (Å²) in [6, 6.07) is 1.87. The molecule has 0 aliphatic rings. The van der Waals surface area contributed by atoms with Crippen LogP contribution in [0.5, 0.6) is 0 Å². The van der Waals surface area contributed by atoms with Gasteiger partial charge in [-0.2, -0.15) is 0 Å². The van der Waals surface area contributed by atoms with Crippen LogP contribution >= 0.6 is 27.3 Å². The van der Waals surface area contributed by atoms with Crippen LogP contribution in [0.25, 0.3) is 0 Å². The van der Waals surface area contributed by atoms with Crippen molar-refractivity contribution < 1.29 is 9.90 Å². The number of carbonyl (C=O) groups is 1. The molecule has 1 rings (SSSR count). The zero-order valence-corrected chi connectivity index (χ0v) is 11.0.